The van der Waals surface area contributed by atoms with Crippen LogP contribution in [0.25, 0.3) is 0 Å². The Morgan fingerprint density at radius 3 is 2.53 bits per heavy atom. The first kappa shape index (κ1) is 13.6. The van der Waals surface area contributed by atoms with Crippen molar-refractivity contribution in [2.75, 3.05) is 11.9 Å². The molecule has 0 fully saturated rings. The highest BCUT2D eigenvalue weighted by atomic mass is 16.4. The molecule has 0 aliphatic carbocycles. The minimum atomic E-state index is -0.874. The van der Waals surface area contributed by atoms with Crippen LogP contribution in [-0.2, 0) is 0 Å². The zero-order chi connectivity index (χ0) is 12.8. The minimum absolute atomic E-state index is 0.357. The van der Waals surface area contributed by atoms with Gasteiger partial charge in [0.1, 0.15) is 0 Å². The number of benzene rings is 1. The monoisotopic (exact) mass is 235 g/mol. The zero-order valence-corrected chi connectivity index (χ0v) is 10.8. The molecule has 1 aromatic rings. The zero-order valence-electron chi connectivity index (χ0n) is 10.8. The Hall–Kier alpha value is -1.51. The third kappa shape index (κ3) is 3.48. The predicted molar refractivity (Wildman–Crippen MR) is 70.7 cm³/mol. The van der Waals surface area contributed by atoms with E-state index in [9.17, 15) is 4.79 Å². The van der Waals surface area contributed by atoms with Gasteiger partial charge in [-0.3, -0.25) is 0 Å². The van der Waals surface area contributed by atoms with Gasteiger partial charge >= 0.3 is 5.97 Å². The predicted octanol–water partition coefficient (Wildman–Crippen LogP) is 3.54. The summed E-state index contributed by atoms with van der Waals surface area (Å²) in [5, 5.41) is 12.4. The van der Waals surface area contributed by atoms with Gasteiger partial charge in [-0.1, -0.05) is 38.8 Å². The molecule has 17 heavy (non-hydrogen) atoms. The summed E-state index contributed by atoms with van der Waals surface area (Å²) in [5.74, 6) is -0.281. The lowest BCUT2D eigenvalue weighted by molar-refractivity contribution is 0.0698. The van der Waals surface area contributed by atoms with Crippen molar-refractivity contribution >= 4 is 11.7 Å². The Labute approximate surface area is 103 Å². The van der Waals surface area contributed by atoms with Gasteiger partial charge < -0.3 is 10.4 Å². The molecule has 1 aromatic carbocycles. The Morgan fingerprint density at radius 2 is 2.00 bits per heavy atom. The van der Waals surface area contributed by atoms with Crippen LogP contribution in [0.1, 0.15) is 42.6 Å². The van der Waals surface area contributed by atoms with Gasteiger partial charge in [-0.05, 0) is 24.5 Å². The molecule has 0 saturated heterocycles. The third-order valence-electron chi connectivity index (χ3n) is 3.23. The van der Waals surface area contributed by atoms with Crippen molar-refractivity contribution in [2.45, 2.75) is 33.6 Å². The fraction of sp³-hybridized carbons (Fsp3) is 0.500. The standard InChI is InChI=1S/C14H21NO2/c1-4-11(5-2)9-15-13-10(3)7-6-8-12(13)14(16)17/h6-8,11,15H,4-5,9H2,1-3H3,(H,16,17). The highest BCUT2D eigenvalue weighted by Gasteiger charge is 2.12. The van der Waals surface area contributed by atoms with E-state index in [0.29, 0.717) is 11.5 Å². The lowest BCUT2D eigenvalue weighted by atomic mass is 10.0. The molecule has 0 aromatic heterocycles. The molecular formula is C14H21NO2. The number of nitrogens with one attached hydrogen (secondary N) is 1. The lowest BCUT2D eigenvalue weighted by Crippen LogP contribution is -2.15. The van der Waals surface area contributed by atoms with E-state index in [4.69, 9.17) is 5.11 Å². The average molecular weight is 235 g/mol. The number of anilines is 1. The van der Waals surface area contributed by atoms with Gasteiger partial charge in [-0.15, -0.1) is 0 Å². The van der Waals surface area contributed by atoms with E-state index < -0.39 is 5.97 Å². The van der Waals surface area contributed by atoms with Gasteiger partial charge in [0, 0.05) is 6.54 Å². The van der Waals surface area contributed by atoms with E-state index in [2.05, 4.69) is 19.2 Å². The first-order chi connectivity index (χ1) is 8.10. The highest BCUT2D eigenvalue weighted by Crippen LogP contribution is 2.21. The van der Waals surface area contributed by atoms with E-state index in [1.54, 1.807) is 12.1 Å². The first-order valence-electron chi connectivity index (χ1n) is 6.16. The summed E-state index contributed by atoms with van der Waals surface area (Å²) < 4.78 is 0. The molecule has 0 radical (unpaired) electrons. The van der Waals surface area contributed by atoms with E-state index in [-0.39, 0.29) is 0 Å². The molecule has 3 nitrogen and oxygen atoms in total. The van der Waals surface area contributed by atoms with Crippen LogP contribution in [-0.4, -0.2) is 17.6 Å². The smallest absolute Gasteiger partial charge is 0.337 e. The largest absolute Gasteiger partial charge is 0.478 e. The van der Waals surface area contributed by atoms with Crippen LogP contribution in [0.5, 0.6) is 0 Å². The van der Waals surface area contributed by atoms with Gasteiger partial charge in [0.05, 0.1) is 11.3 Å². The molecule has 0 amide bonds. The van der Waals surface area contributed by atoms with Crippen molar-refractivity contribution < 1.29 is 9.90 Å². The maximum atomic E-state index is 11.1. The number of aryl methyl sites for hydroxylation is 1. The molecule has 94 valence electrons. The molecule has 0 unspecified atom stereocenters. The van der Waals surface area contributed by atoms with Crippen molar-refractivity contribution in [1.29, 1.82) is 0 Å². The molecular weight excluding hydrogens is 214 g/mol. The maximum absolute atomic E-state index is 11.1. The van der Waals surface area contributed by atoms with E-state index in [1.165, 1.54) is 0 Å². The van der Waals surface area contributed by atoms with Crippen LogP contribution in [0.3, 0.4) is 0 Å². The average Bonchev–Trinajstić information content (AvgIpc) is 2.31. The Morgan fingerprint density at radius 1 is 1.35 bits per heavy atom. The molecule has 3 heteroatoms. The van der Waals surface area contributed by atoms with E-state index in [0.717, 1.165) is 30.6 Å². The topological polar surface area (TPSA) is 49.3 Å². The summed E-state index contributed by atoms with van der Waals surface area (Å²) in [5.41, 5.74) is 2.10. The molecule has 0 atom stereocenters. The maximum Gasteiger partial charge on any atom is 0.337 e. The van der Waals surface area contributed by atoms with Crippen molar-refractivity contribution in [1.82, 2.24) is 0 Å². The quantitative estimate of drug-likeness (QED) is 0.792. The second-order valence-electron chi connectivity index (χ2n) is 4.37. The molecule has 2 N–H and O–H groups in total. The van der Waals surface area contributed by atoms with Gasteiger partial charge in [-0.2, -0.15) is 0 Å². The molecule has 0 spiro atoms. The number of hydrogen-bond donors (Lipinski definition) is 2. The van der Waals surface area contributed by atoms with Crippen LogP contribution in [0, 0.1) is 12.8 Å². The normalized spacial score (nSPS) is 10.6. The molecule has 0 heterocycles. The number of carbonyl (C=O) groups is 1. The van der Waals surface area contributed by atoms with Crippen LogP contribution < -0.4 is 5.32 Å². The number of hydrogen-bond acceptors (Lipinski definition) is 2. The molecule has 0 saturated carbocycles. The number of rotatable bonds is 6. The van der Waals surface area contributed by atoms with Crippen molar-refractivity contribution in [3.05, 3.63) is 29.3 Å². The second-order valence-corrected chi connectivity index (χ2v) is 4.37. The summed E-state index contributed by atoms with van der Waals surface area (Å²) in [6, 6.07) is 5.35. The van der Waals surface area contributed by atoms with E-state index >= 15 is 0 Å². The van der Waals surface area contributed by atoms with Gasteiger partial charge in [-0.25, -0.2) is 4.79 Å². The van der Waals surface area contributed by atoms with E-state index in [1.807, 2.05) is 13.0 Å². The lowest BCUT2D eigenvalue weighted by Gasteiger charge is -2.17. The molecule has 0 aliphatic heterocycles. The van der Waals surface area contributed by atoms with Gasteiger partial charge in [0.15, 0.2) is 0 Å². The fourth-order valence-corrected chi connectivity index (χ4v) is 1.90. The Kier molecular flexibility index (Phi) is 5.01. The Bertz CT molecular complexity index is 384. The minimum Gasteiger partial charge on any atom is -0.478 e. The molecule has 0 aliphatic rings. The van der Waals surface area contributed by atoms with Crippen molar-refractivity contribution in [2.24, 2.45) is 5.92 Å². The summed E-state index contributed by atoms with van der Waals surface area (Å²) in [4.78, 5) is 11.1. The summed E-state index contributed by atoms with van der Waals surface area (Å²) in [6.45, 7) is 7.08. The summed E-state index contributed by atoms with van der Waals surface area (Å²) in [7, 11) is 0. The van der Waals surface area contributed by atoms with Gasteiger partial charge in [0.2, 0.25) is 0 Å². The van der Waals surface area contributed by atoms with Crippen molar-refractivity contribution in [3.8, 4) is 0 Å². The Balaban J connectivity index is 2.85. The fourth-order valence-electron chi connectivity index (χ4n) is 1.90. The number of carboxylic acids is 1. The third-order valence-corrected chi connectivity index (χ3v) is 3.23. The van der Waals surface area contributed by atoms with Gasteiger partial charge in [0.25, 0.3) is 0 Å². The number of para-hydroxylation sites is 1. The van der Waals surface area contributed by atoms with Crippen LogP contribution >= 0.6 is 0 Å². The molecule has 1 rings (SSSR count). The van der Waals surface area contributed by atoms with Crippen LogP contribution in [0.2, 0.25) is 0 Å². The SMILES string of the molecule is CCC(CC)CNc1c(C)cccc1C(=O)O. The molecule has 0 bridgehead atoms. The second kappa shape index (κ2) is 6.28. The van der Waals surface area contributed by atoms with Crippen molar-refractivity contribution in [3.63, 3.8) is 0 Å². The summed E-state index contributed by atoms with van der Waals surface area (Å²) in [6.07, 6.45) is 2.22. The number of carboxylic acid groups (broad SMARTS) is 1. The van der Waals surface area contributed by atoms with Crippen LogP contribution in [0.15, 0.2) is 18.2 Å². The first-order valence-corrected chi connectivity index (χ1v) is 6.16. The summed E-state index contributed by atoms with van der Waals surface area (Å²) >= 11 is 0. The van der Waals surface area contributed by atoms with Crippen LogP contribution in [0.4, 0.5) is 5.69 Å². The number of aromatic carboxylic acids is 1. The highest BCUT2D eigenvalue weighted by molar-refractivity contribution is 5.95.